The smallest absolute Gasteiger partial charge is 0.337 e. The summed E-state index contributed by atoms with van der Waals surface area (Å²) in [5.41, 5.74) is 3.95. The summed E-state index contributed by atoms with van der Waals surface area (Å²) in [6.45, 7) is 5.38. The minimum atomic E-state index is -0.382. The third kappa shape index (κ3) is 5.39. The first kappa shape index (κ1) is 21.4. The van der Waals surface area contributed by atoms with E-state index in [9.17, 15) is 9.18 Å². The summed E-state index contributed by atoms with van der Waals surface area (Å²) < 4.78 is 20.1. The fourth-order valence-corrected chi connectivity index (χ4v) is 3.19. The Labute approximate surface area is 175 Å². The van der Waals surface area contributed by atoms with Gasteiger partial charge < -0.3 is 14.6 Å². The maximum Gasteiger partial charge on any atom is 0.337 e. The van der Waals surface area contributed by atoms with Crippen LogP contribution in [0, 0.1) is 12.7 Å². The molecule has 0 aliphatic heterocycles. The van der Waals surface area contributed by atoms with Gasteiger partial charge in [-0.25, -0.2) is 14.2 Å². The molecule has 1 aromatic carbocycles. The molecule has 0 unspecified atom stereocenters. The van der Waals surface area contributed by atoms with Crippen molar-refractivity contribution in [1.82, 2.24) is 19.9 Å². The number of carbonyl (C=O) groups excluding carboxylic acids is 1. The van der Waals surface area contributed by atoms with Crippen LogP contribution in [0.4, 0.5) is 4.39 Å². The third-order valence-corrected chi connectivity index (χ3v) is 4.58. The van der Waals surface area contributed by atoms with Gasteiger partial charge in [-0.05, 0) is 49.8 Å². The van der Waals surface area contributed by atoms with E-state index in [1.165, 1.54) is 19.2 Å². The Balaban J connectivity index is 1.73. The second kappa shape index (κ2) is 9.93. The number of rotatable bonds is 8. The maximum atomic E-state index is 13.2. The summed E-state index contributed by atoms with van der Waals surface area (Å²) >= 11 is 0. The lowest BCUT2D eigenvalue weighted by molar-refractivity contribution is 0.0600. The van der Waals surface area contributed by atoms with E-state index in [0.717, 1.165) is 28.5 Å². The van der Waals surface area contributed by atoms with Crippen LogP contribution in [0.5, 0.6) is 0 Å². The Kier molecular flexibility index (Phi) is 7.08. The van der Waals surface area contributed by atoms with Gasteiger partial charge in [0.05, 0.1) is 36.8 Å². The van der Waals surface area contributed by atoms with E-state index in [4.69, 9.17) is 4.74 Å². The van der Waals surface area contributed by atoms with Gasteiger partial charge in [0.2, 0.25) is 0 Å². The molecule has 30 heavy (non-hydrogen) atoms. The molecule has 0 saturated carbocycles. The molecule has 0 aliphatic rings. The zero-order valence-electron chi connectivity index (χ0n) is 17.4. The van der Waals surface area contributed by atoms with Gasteiger partial charge in [0, 0.05) is 18.8 Å². The van der Waals surface area contributed by atoms with Gasteiger partial charge in [-0.2, -0.15) is 0 Å². The standard InChI is InChI=1S/C23H25FN4O2/c1-4-5-21-13-26-22(28(21)15-17-6-8-19(24)9-7-17)14-25-12-20-11-18(23(29)30-3)10-16(2)27-20/h4-11,13,25H,12,14-15H2,1-3H3/b5-4-. The lowest BCUT2D eigenvalue weighted by atomic mass is 10.2. The number of ether oxygens (including phenoxy) is 1. The summed E-state index contributed by atoms with van der Waals surface area (Å²) in [5.74, 6) is 0.220. The third-order valence-electron chi connectivity index (χ3n) is 4.58. The van der Waals surface area contributed by atoms with Crippen LogP contribution in [0.2, 0.25) is 0 Å². The fourth-order valence-electron chi connectivity index (χ4n) is 3.19. The zero-order chi connectivity index (χ0) is 21.5. The molecule has 0 amide bonds. The fraction of sp³-hybridized carbons (Fsp3) is 0.261. The van der Waals surface area contributed by atoms with Gasteiger partial charge in [0.1, 0.15) is 11.6 Å². The lowest BCUT2D eigenvalue weighted by Crippen LogP contribution is -2.19. The van der Waals surface area contributed by atoms with Crippen LogP contribution in [-0.2, 0) is 24.4 Å². The van der Waals surface area contributed by atoms with E-state index in [0.29, 0.717) is 25.2 Å². The summed E-state index contributed by atoms with van der Waals surface area (Å²) in [4.78, 5) is 20.8. The highest BCUT2D eigenvalue weighted by atomic mass is 19.1. The van der Waals surface area contributed by atoms with Crippen LogP contribution in [0.15, 0.2) is 48.7 Å². The maximum absolute atomic E-state index is 13.2. The number of hydrogen-bond acceptors (Lipinski definition) is 5. The van der Waals surface area contributed by atoms with E-state index in [1.54, 1.807) is 24.3 Å². The van der Waals surface area contributed by atoms with Crippen LogP contribution < -0.4 is 5.32 Å². The summed E-state index contributed by atoms with van der Waals surface area (Å²) in [6, 6.07) is 9.90. The molecular formula is C23H25FN4O2. The molecule has 0 saturated heterocycles. The summed E-state index contributed by atoms with van der Waals surface area (Å²) in [6.07, 6.45) is 5.77. The van der Waals surface area contributed by atoms with Crippen LogP contribution in [0.1, 0.15) is 45.8 Å². The van der Waals surface area contributed by atoms with Crippen molar-refractivity contribution in [2.24, 2.45) is 0 Å². The minimum Gasteiger partial charge on any atom is -0.465 e. The Morgan fingerprint density at radius 3 is 2.70 bits per heavy atom. The molecule has 0 bridgehead atoms. The van der Waals surface area contributed by atoms with E-state index in [1.807, 2.05) is 32.2 Å². The van der Waals surface area contributed by atoms with Crippen molar-refractivity contribution in [2.45, 2.75) is 33.5 Å². The Bertz CT molecular complexity index is 1040. The number of aryl methyl sites for hydroxylation is 1. The molecule has 0 atom stereocenters. The number of imidazole rings is 1. The number of benzene rings is 1. The van der Waals surface area contributed by atoms with Gasteiger partial charge in [0.25, 0.3) is 0 Å². The number of aromatic nitrogens is 3. The van der Waals surface area contributed by atoms with Crippen LogP contribution in [0.25, 0.3) is 6.08 Å². The van der Waals surface area contributed by atoms with Crippen molar-refractivity contribution < 1.29 is 13.9 Å². The molecule has 156 valence electrons. The van der Waals surface area contributed by atoms with Gasteiger partial charge in [-0.3, -0.25) is 4.98 Å². The van der Waals surface area contributed by atoms with Gasteiger partial charge >= 0.3 is 5.97 Å². The van der Waals surface area contributed by atoms with Gasteiger partial charge in [0.15, 0.2) is 0 Å². The number of esters is 1. The highest BCUT2D eigenvalue weighted by Crippen LogP contribution is 2.13. The highest BCUT2D eigenvalue weighted by molar-refractivity contribution is 5.89. The number of carbonyl (C=O) groups is 1. The van der Waals surface area contributed by atoms with E-state index in [-0.39, 0.29) is 11.8 Å². The summed E-state index contributed by atoms with van der Waals surface area (Å²) in [5, 5.41) is 3.34. The highest BCUT2D eigenvalue weighted by Gasteiger charge is 2.11. The van der Waals surface area contributed by atoms with Crippen molar-refractivity contribution in [2.75, 3.05) is 7.11 Å². The first-order valence-corrected chi connectivity index (χ1v) is 9.68. The van der Waals surface area contributed by atoms with E-state index < -0.39 is 0 Å². The molecule has 7 heteroatoms. The predicted octanol–water partition coefficient (Wildman–Crippen LogP) is 3.88. The van der Waals surface area contributed by atoms with E-state index in [2.05, 4.69) is 19.9 Å². The topological polar surface area (TPSA) is 69.0 Å². The number of halogens is 1. The molecule has 0 fully saturated rings. The second-order valence-corrected chi connectivity index (χ2v) is 6.90. The van der Waals surface area contributed by atoms with Gasteiger partial charge in [-0.1, -0.05) is 18.2 Å². The second-order valence-electron chi connectivity index (χ2n) is 6.90. The summed E-state index contributed by atoms with van der Waals surface area (Å²) in [7, 11) is 1.36. The lowest BCUT2D eigenvalue weighted by Gasteiger charge is -2.12. The molecule has 2 aromatic heterocycles. The number of allylic oxidation sites excluding steroid dienone is 1. The normalized spacial score (nSPS) is 11.2. The van der Waals surface area contributed by atoms with Crippen molar-refractivity contribution in [3.8, 4) is 0 Å². The molecule has 3 rings (SSSR count). The van der Waals surface area contributed by atoms with Crippen LogP contribution in [0.3, 0.4) is 0 Å². The first-order chi connectivity index (χ1) is 14.5. The molecule has 3 aromatic rings. The molecule has 2 heterocycles. The van der Waals surface area contributed by atoms with E-state index >= 15 is 0 Å². The Hall–Kier alpha value is -3.32. The molecule has 0 radical (unpaired) electrons. The van der Waals surface area contributed by atoms with Crippen LogP contribution in [-0.4, -0.2) is 27.6 Å². The van der Waals surface area contributed by atoms with Crippen molar-refractivity contribution in [3.63, 3.8) is 0 Å². The van der Waals surface area contributed by atoms with Crippen molar-refractivity contribution in [1.29, 1.82) is 0 Å². The number of nitrogens with one attached hydrogen (secondary N) is 1. The molecule has 0 aliphatic carbocycles. The van der Waals surface area contributed by atoms with Crippen molar-refractivity contribution >= 4 is 12.0 Å². The molecule has 0 spiro atoms. The molecular weight excluding hydrogens is 383 g/mol. The average molecular weight is 408 g/mol. The SMILES string of the molecule is C/C=C\c1cnc(CNCc2cc(C(=O)OC)cc(C)n2)n1Cc1ccc(F)cc1. The van der Waals surface area contributed by atoms with Gasteiger partial charge in [-0.15, -0.1) is 0 Å². The Morgan fingerprint density at radius 2 is 2.00 bits per heavy atom. The minimum absolute atomic E-state index is 0.253. The van der Waals surface area contributed by atoms with Crippen molar-refractivity contribution in [3.05, 3.63) is 88.5 Å². The zero-order valence-corrected chi connectivity index (χ0v) is 17.4. The number of nitrogens with zero attached hydrogens (tertiary/aromatic N) is 3. The molecule has 6 nitrogen and oxygen atoms in total. The molecule has 1 N–H and O–H groups in total. The number of pyridine rings is 1. The first-order valence-electron chi connectivity index (χ1n) is 9.68. The average Bonchev–Trinajstić information content (AvgIpc) is 3.10. The Morgan fingerprint density at radius 1 is 1.23 bits per heavy atom. The number of methoxy groups -OCH3 is 1. The number of hydrogen-bond donors (Lipinski definition) is 1. The largest absolute Gasteiger partial charge is 0.465 e. The quantitative estimate of drug-likeness (QED) is 0.573. The van der Waals surface area contributed by atoms with Crippen LogP contribution >= 0.6 is 0 Å². The monoisotopic (exact) mass is 408 g/mol. The predicted molar refractivity (Wildman–Crippen MR) is 113 cm³/mol.